The van der Waals surface area contributed by atoms with Gasteiger partial charge in [0, 0.05) is 12.1 Å². The summed E-state index contributed by atoms with van der Waals surface area (Å²) in [6.45, 7) is 1.93. The van der Waals surface area contributed by atoms with E-state index in [1.807, 2.05) is 6.92 Å². The van der Waals surface area contributed by atoms with Crippen molar-refractivity contribution < 1.29 is 13.2 Å². The third-order valence-electron chi connectivity index (χ3n) is 5.38. The van der Waals surface area contributed by atoms with Gasteiger partial charge in [-0.2, -0.15) is 0 Å². The summed E-state index contributed by atoms with van der Waals surface area (Å²) in [7, 11) is -3.51. The van der Waals surface area contributed by atoms with Crippen molar-refractivity contribution in [2.45, 2.75) is 68.5 Å². The molecule has 150 valence electrons. The third kappa shape index (κ3) is 4.41. The van der Waals surface area contributed by atoms with Crippen molar-refractivity contribution in [3.05, 3.63) is 41.7 Å². The van der Waals surface area contributed by atoms with Gasteiger partial charge in [0.2, 0.25) is 10.0 Å². The van der Waals surface area contributed by atoms with Crippen LogP contribution in [0.2, 0.25) is 0 Å². The van der Waals surface area contributed by atoms with Crippen LogP contribution in [0.25, 0.3) is 0 Å². The molecule has 1 aromatic heterocycles. The highest BCUT2D eigenvalue weighted by Crippen LogP contribution is 2.29. The molecule has 0 saturated heterocycles. The maximum absolute atomic E-state index is 12.6. The number of amides is 1. The van der Waals surface area contributed by atoms with E-state index >= 15 is 0 Å². The number of rotatable bonds is 6. The Morgan fingerprint density at radius 2 is 1.68 bits per heavy atom. The van der Waals surface area contributed by atoms with Gasteiger partial charge in [-0.25, -0.2) is 17.8 Å². The second-order valence-corrected chi connectivity index (χ2v) is 9.49. The molecule has 0 atom stereocenters. The van der Waals surface area contributed by atoms with Gasteiger partial charge in [0.15, 0.2) is 5.69 Å². The lowest BCUT2D eigenvalue weighted by molar-refractivity contribution is 0.0946. The van der Waals surface area contributed by atoms with E-state index in [1.54, 1.807) is 35.1 Å². The molecule has 1 aromatic carbocycles. The summed E-state index contributed by atoms with van der Waals surface area (Å²) in [6.07, 6.45) is 6.77. The molecule has 0 spiro atoms. The number of carbonyl (C=O) groups is 1. The molecule has 2 aliphatic rings. The van der Waals surface area contributed by atoms with Crippen molar-refractivity contribution in [1.82, 2.24) is 25.0 Å². The SMILES string of the molecule is Cc1ccc(S(=O)(=O)NC2CCC(n3cc(C(=O)NC4CC4)nn3)CC2)cc1. The van der Waals surface area contributed by atoms with Gasteiger partial charge in [-0.05, 0) is 57.6 Å². The zero-order valence-corrected chi connectivity index (χ0v) is 16.7. The summed E-state index contributed by atoms with van der Waals surface area (Å²) >= 11 is 0. The first-order chi connectivity index (χ1) is 13.4. The van der Waals surface area contributed by atoms with Crippen molar-refractivity contribution in [3.63, 3.8) is 0 Å². The van der Waals surface area contributed by atoms with Crippen LogP contribution >= 0.6 is 0 Å². The first-order valence-corrected chi connectivity index (χ1v) is 11.2. The molecule has 0 radical (unpaired) electrons. The van der Waals surface area contributed by atoms with Crippen molar-refractivity contribution >= 4 is 15.9 Å². The Morgan fingerprint density at radius 1 is 1.04 bits per heavy atom. The average Bonchev–Trinajstić information content (AvgIpc) is 3.34. The van der Waals surface area contributed by atoms with Gasteiger partial charge in [0.25, 0.3) is 5.91 Å². The molecular weight excluding hydrogens is 378 g/mol. The Balaban J connectivity index is 1.32. The topological polar surface area (TPSA) is 106 Å². The van der Waals surface area contributed by atoms with Gasteiger partial charge in [-0.1, -0.05) is 22.9 Å². The minimum Gasteiger partial charge on any atom is -0.348 e. The van der Waals surface area contributed by atoms with Crippen LogP contribution in [0.1, 0.15) is 60.6 Å². The van der Waals surface area contributed by atoms with E-state index in [9.17, 15) is 13.2 Å². The fourth-order valence-electron chi connectivity index (χ4n) is 3.51. The smallest absolute Gasteiger partial charge is 0.273 e. The summed E-state index contributed by atoms with van der Waals surface area (Å²) in [5.41, 5.74) is 1.37. The summed E-state index contributed by atoms with van der Waals surface area (Å²) in [5.74, 6) is -0.173. The Hall–Kier alpha value is -2.26. The maximum atomic E-state index is 12.6. The van der Waals surface area contributed by atoms with Crippen LogP contribution < -0.4 is 10.0 Å². The van der Waals surface area contributed by atoms with E-state index < -0.39 is 10.0 Å². The maximum Gasteiger partial charge on any atom is 0.273 e. The van der Waals surface area contributed by atoms with Gasteiger partial charge < -0.3 is 5.32 Å². The molecule has 2 aliphatic carbocycles. The molecule has 2 fully saturated rings. The number of benzene rings is 1. The highest BCUT2D eigenvalue weighted by molar-refractivity contribution is 7.89. The van der Waals surface area contributed by atoms with E-state index in [4.69, 9.17) is 0 Å². The quantitative estimate of drug-likeness (QED) is 0.767. The zero-order chi connectivity index (χ0) is 19.7. The fourth-order valence-corrected chi connectivity index (χ4v) is 4.81. The van der Waals surface area contributed by atoms with Crippen LogP contribution in [0.5, 0.6) is 0 Å². The van der Waals surface area contributed by atoms with E-state index in [1.165, 1.54) is 0 Å². The first-order valence-electron chi connectivity index (χ1n) is 9.72. The van der Waals surface area contributed by atoms with Gasteiger partial charge >= 0.3 is 0 Å². The molecule has 2 N–H and O–H groups in total. The van der Waals surface area contributed by atoms with Crippen LogP contribution in [0.3, 0.4) is 0 Å². The lowest BCUT2D eigenvalue weighted by atomic mass is 9.92. The Labute approximate surface area is 164 Å². The third-order valence-corrected chi connectivity index (χ3v) is 6.92. The second-order valence-electron chi connectivity index (χ2n) is 7.77. The summed E-state index contributed by atoms with van der Waals surface area (Å²) in [5, 5.41) is 11.0. The fraction of sp³-hybridized carbons (Fsp3) is 0.526. The van der Waals surface area contributed by atoms with Crippen molar-refractivity contribution in [3.8, 4) is 0 Å². The predicted octanol–water partition coefficient (Wildman–Crippen LogP) is 1.94. The number of nitrogens with one attached hydrogen (secondary N) is 2. The van der Waals surface area contributed by atoms with Crippen molar-refractivity contribution in [2.75, 3.05) is 0 Å². The van der Waals surface area contributed by atoms with Crippen molar-refractivity contribution in [1.29, 1.82) is 0 Å². The summed E-state index contributed by atoms with van der Waals surface area (Å²) < 4.78 is 29.7. The average molecular weight is 404 g/mol. The molecule has 4 rings (SSSR count). The molecule has 1 amide bonds. The standard InChI is InChI=1S/C19H25N5O3S/c1-13-2-10-17(11-3-13)28(26,27)22-15-6-8-16(9-7-15)24-12-18(21-23-24)19(25)20-14-4-5-14/h2-3,10-12,14-16,22H,4-9H2,1H3,(H,20,25). The zero-order valence-electron chi connectivity index (χ0n) is 15.8. The van der Waals surface area contributed by atoms with Gasteiger partial charge in [-0.3, -0.25) is 4.79 Å². The number of sulfonamides is 1. The van der Waals surface area contributed by atoms with Crippen LogP contribution in [0, 0.1) is 6.92 Å². The van der Waals surface area contributed by atoms with Crippen molar-refractivity contribution in [2.24, 2.45) is 0 Å². The molecule has 9 heteroatoms. The minimum atomic E-state index is -3.51. The highest BCUT2D eigenvalue weighted by atomic mass is 32.2. The molecule has 0 aliphatic heterocycles. The Morgan fingerprint density at radius 3 is 2.32 bits per heavy atom. The molecule has 1 heterocycles. The molecule has 2 saturated carbocycles. The Kier molecular flexibility index (Phi) is 5.20. The second kappa shape index (κ2) is 7.63. The molecule has 2 aromatic rings. The van der Waals surface area contributed by atoms with E-state index in [-0.39, 0.29) is 24.0 Å². The van der Waals surface area contributed by atoms with Crippen LogP contribution in [-0.2, 0) is 10.0 Å². The highest BCUT2D eigenvalue weighted by Gasteiger charge is 2.29. The number of hydrogen-bond acceptors (Lipinski definition) is 5. The first kappa shape index (κ1) is 19.1. The normalized spacial score (nSPS) is 22.8. The number of carbonyl (C=O) groups excluding carboxylic acids is 1. The van der Waals surface area contributed by atoms with Crippen LogP contribution in [0.15, 0.2) is 35.4 Å². The van der Waals surface area contributed by atoms with E-state index in [0.717, 1.165) is 44.1 Å². The lowest BCUT2D eigenvalue weighted by Gasteiger charge is -2.28. The lowest BCUT2D eigenvalue weighted by Crippen LogP contribution is -2.38. The van der Waals surface area contributed by atoms with Gasteiger partial charge in [0.05, 0.1) is 17.1 Å². The summed E-state index contributed by atoms with van der Waals surface area (Å²) in [6, 6.07) is 7.19. The van der Waals surface area contributed by atoms with Crippen LogP contribution in [-0.4, -0.2) is 41.4 Å². The monoisotopic (exact) mass is 403 g/mol. The van der Waals surface area contributed by atoms with Gasteiger partial charge in [0.1, 0.15) is 0 Å². The number of nitrogens with zero attached hydrogens (tertiary/aromatic N) is 3. The van der Waals surface area contributed by atoms with E-state index in [2.05, 4.69) is 20.4 Å². The number of hydrogen-bond donors (Lipinski definition) is 2. The molecule has 8 nitrogen and oxygen atoms in total. The largest absolute Gasteiger partial charge is 0.348 e. The molecular formula is C19H25N5O3S. The predicted molar refractivity (Wildman–Crippen MR) is 103 cm³/mol. The van der Waals surface area contributed by atoms with E-state index in [0.29, 0.717) is 10.6 Å². The molecule has 0 bridgehead atoms. The number of aromatic nitrogens is 3. The molecule has 28 heavy (non-hydrogen) atoms. The van der Waals surface area contributed by atoms with Crippen LogP contribution in [0.4, 0.5) is 0 Å². The molecule has 0 unspecified atom stereocenters. The van der Waals surface area contributed by atoms with Gasteiger partial charge in [-0.15, -0.1) is 5.10 Å². The minimum absolute atomic E-state index is 0.0938. The number of aryl methyl sites for hydroxylation is 1. The Bertz CT molecular complexity index is 942. The summed E-state index contributed by atoms with van der Waals surface area (Å²) in [4.78, 5) is 12.3.